The van der Waals surface area contributed by atoms with Gasteiger partial charge in [-0.2, -0.15) is 5.48 Å². The largest absolute Gasteiger partial charge is 0.496 e. The molecule has 0 spiro atoms. The molecule has 5 N–H and O–H groups in total. The molecule has 0 saturated heterocycles. The molecular weight excluding hydrogens is 360 g/mol. The number of hydrogen-bond donors (Lipinski definition) is 3. The monoisotopic (exact) mass is 381 g/mol. The third-order valence-corrected chi connectivity index (χ3v) is 4.20. The zero-order valence-corrected chi connectivity index (χ0v) is 15.5. The van der Waals surface area contributed by atoms with Gasteiger partial charge >= 0.3 is 5.97 Å². The fraction of sp³-hybridized carbons (Fsp3) is 0.0952. The lowest BCUT2D eigenvalue weighted by molar-refractivity contribution is -0.825. The average Bonchev–Trinajstić information content (AvgIpc) is 2.73. The van der Waals surface area contributed by atoms with Gasteiger partial charge in [0.1, 0.15) is 22.8 Å². The minimum atomic E-state index is -0.561. The standard InChI is InChI=1S/C21H20N2O5/c1-26-19-11-14(22)5-9-18(19)21(24)28-16-8-10-17(20(12-16)27-2)13-3-6-15(23-25)7-4-13/h3-12,23,25H,22H2,1-2H3/p+1. The summed E-state index contributed by atoms with van der Waals surface area (Å²) in [6.07, 6.45) is 0. The molecule has 0 amide bonds. The van der Waals surface area contributed by atoms with Crippen LogP contribution >= 0.6 is 0 Å². The summed E-state index contributed by atoms with van der Waals surface area (Å²) in [5, 5.41) is 9.05. The van der Waals surface area contributed by atoms with Crippen molar-refractivity contribution in [2.75, 3.05) is 20.0 Å². The molecule has 3 aromatic rings. The van der Waals surface area contributed by atoms with Crippen molar-refractivity contribution in [2.24, 2.45) is 0 Å². The molecule has 3 rings (SSSR count). The quantitative estimate of drug-likeness (QED) is 0.262. The van der Waals surface area contributed by atoms with Crippen LogP contribution in [0.25, 0.3) is 11.1 Å². The summed E-state index contributed by atoms with van der Waals surface area (Å²) in [6, 6.07) is 17.2. The Labute approximate surface area is 162 Å². The van der Waals surface area contributed by atoms with E-state index in [1.54, 1.807) is 55.6 Å². The maximum Gasteiger partial charge on any atom is 0.347 e. The van der Waals surface area contributed by atoms with Gasteiger partial charge < -0.3 is 19.9 Å². The first-order valence-electron chi connectivity index (χ1n) is 8.47. The van der Waals surface area contributed by atoms with Crippen LogP contribution < -0.4 is 25.4 Å². The molecule has 0 radical (unpaired) electrons. The second kappa shape index (κ2) is 8.43. The first-order chi connectivity index (χ1) is 13.5. The van der Waals surface area contributed by atoms with Crippen LogP contribution in [0.4, 0.5) is 11.4 Å². The lowest BCUT2D eigenvalue weighted by Crippen LogP contribution is -2.73. The fourth-order valence-electron chi connectivity index (χ4n) is 2.76. The summed E-state index contributed by atoms with van der Waals surface area (Å²) in [5.74, 6) is 0.670. The first kappa shape index (κ1) is 19.2. The molecule has 28 heavy (non-hydrogen) atoms. The van der Waals surface area contributed by atoms with E-state index in [4.69, 9.17) is 25.2 Å². The van der Waals surface area contributed by atoms with E-state index in [2.05, 4.69) is 0 Å². The van der Waals surface area contributed by atoms with E-state index >= 15 is 0 Å². The minimum absolute atomic E-state index is 0.274. The Kier molecular flexibility index (Phi) is 5.78. The van der Waals surface area contributed by atoms with Crippen molar-refractivity contribution < 1.29 is 29.7 Å². The van der Waals surface area contributed by atoms with Gasteiger partial charge in [-0.05, 0) is 42.0 Å². The number of esters is 1. The van der Waals surface area contributed by atoms with Gasteiger partial charge in [-0.25, -0.2) is 10.0 Å². The minimum Gasteiger partial charge on any atom is -0.496 e. The van der Waals surface area contributed by atoms with Gasteiger partial charge in [0, 0.05) is 35.5 Å². The SMILES string of the molecule is COc1cc(N)ccc1C(=O)Oc1ccc(-c2ccc([NH2+]O)cc2)c(OC)c1. The lowest BCUT2D eigenvalue weighted by atomic mass is 10.0. The van der Waals surface area contributed by atoms with Crippen LogP contribution in [0.1, 0.15) is 10.4 Å². The number of carbonyl (C=O) groups excluding carboxylic acids is 1. The number of anilines is 1. The first-order valence-corrected chi connectivity index (χ1v) is 8.47. The molecule has 0 aliphatic heterocycles. The molecule has 7 heteroatoms. The molecular formula is C21H21N2O5+. The Morgan fingerprint density at radius 1 is 0.929 bits per heavy atom. The molecule has 0 atom stereocenters. The van der Waals surface area contributed by atoms with Gasteiger partial charge in [-0.3, -0.25) is 0 Å². The number of nitrogens with two attached hydrogens (primary N) is 2. The summed E-state index contributed by atoms with van der Waals surface area (Å²) in [6.45, 7) is 0. The van der Waals surface area contributed by atoms with E-state index < -0.39 is 5.97 Å². The smallest absolute Gasteiger partial charge is 0.347 e. The fourth-order valence-corrected chi connectivity index (χ4v) is 2.76. The molecule has 0 aromatic heterocycles. The zero-order valence-electron chi connectivity index (χ0n) is 15.5. The summed E-state index contributed by atoms with van der Waals surface area (Å²) in [7, 11) is 3.01. The topological polar surface area (TPSA) is 108 Å². The van der Waals surface area contributed by atoms with Crippen LogP contribution in [0.3, 0.4) is 0 Å². The van der Waals surface area contributed by atoms with E-state index in [0.29, 0.717) is 28.6 Å². The van der Waals surface area contributed by atoms with Gasteiger partial charge in [0.05, 0.1) is 14.2 Å². The third kappa shape index (κ3) is 4.06. The predicted molar refractivity (Wildman–Crippen MR) is 104 cm³/mol. The van der Waals surface area contributed by atoms with Crippen molar-refractivity contribution in [2.45, 2.75) is 0 Å². The molecule has 3 aromatic carbocycles. The molecule has 7 nitrogen and oxygen atoms in total. The maximum absolute atomic E-state index is 12.5. The third-order valence-electron chi connectivity index (χ3n) is 4.20. The van der Waals surface area contributed by atoms with Gasteiger partial charge in [0.15, 0.2) is 5.69 Å². The van der Waals surface area contributed by atoms with Crippen molar-refractivity contribution in [3.63, 3.8) is 0 Å². The highest BCUT2D eigenvalue weighted by atomic mass is 16.5. The van der Waals surface area contributed by atoms with E-state index in [0.717, 1.165) is 16.6 Å². The summed E-state index contributed by atoms with van der Waals surface area (Å²) < 4.78 is 16.1. The summed E-state index contributed by atoms with van der Waals surface area (Å²) >= 11 is 0. The Morgan fingerprint density at radius 3 is 2.29 bits per heavy atom. The van der Waals surface area contributed by atoms with Crippen LogP contribution in [0.15, 0.2) is 60.7 Å². The van der Waals surface area contributed by atoms with Gasteiger partial charge in [-0.15, -0.1) is 0 Å². The lowest BCUT2D eigenvalue weighted by Gasteiger charge is -2.12. The molecule has 0 bridgehead atoms. The number of quaternary nitrogens is 1. The van der Waals surface area contributed by atoms with Crippen molar-refractivity contribution in [3.8, 4) is 28.4 Å². The number of nitrogen functional groups attached to an aromatic ring is 1. The predicted octanol–water partition coefficient (Wildman–Crippen LogP) is 2.76. The van der Waals surface area contributed by atoms with Crippen molar-refractivity contribution >= 4 is 17.3 Å². The number of carbonyl (C=O) groups is 1. The molecule has 0 unspecified atom stereocenters. The van der Waals surface area contributed by atoms with Gasteiger partial charge in [0.25, 0.3) is 0 Å². The Morgan fingerprint density at radius 2 is 1.64 bits per heavy atom. The summed E-state index contributed by atoms with van der Waals surface area (Å²) in [5.41, 5.74) is 9.95. The van der Waals surface area contributed by atoms with E-state index in [9.17, 15) is 4.79 Å². The number of rotatable bonds is 6. The summed E-state index contributed by atoms with van der Waals surface area (Å²) in [4.78, 5) is 12.5. The number of ether oxygens (including phenoxy) is 3. The second-order valence-electron chi connectivity index (χ2n) is 5.96. The van der Waals surface area contributed by atoms with Crippen LogP contribution in [0, 0.1) is 0 Å². The van der Waals surface area contributed by atoms with E-state index in [1.807, 2.05) is 12.1 Å². The molecule has 0 saturated carbocycles. The molecule has 0 fully saturated rings. The maximum atomic E-state index is 12.5. The normalized spacial score (nSPS) is 10.4. The molecule has 144 valence electrons. The van der Waals surface area contributed by atoms with Crippen molar-refractivity contribution in [1.82, 2.24) is 0 Å². The molecule has 0 aliphatic rings. The number of methoxy groups -OCH3 is 2. The van der Waals surface area contributed by atoms with E-state index in [-0.39, 0.29) is 5.56 Å². The average molecular weight is 381 g/mol. The van der Waals surface area contributed by atoms with Crippen molar-refractivity contribution in [1.29, 1.82) is 0 Å². The van der Waals surface area contributed by atoms with Crippen LogP contribution in [-0.2, 0) is 0 Å². The van der Waals surface area contributed by atoms with Gasteiger partial charge in [-0.1, -0.05) is 0 Å². The highest BCUT2D eigenvalue weighted by molar-refractivity contribution is 5.94. The Balaban J connectivity index is 1.86. The van der Waals surface area contributed by atoms with Crippen molar-refractivity contribution in [3.05, 3.63) is 66.2 Å². The number of benzene rings is 3. The highest BCUT2D eigenvalue weighted by Gasteiger charge is 2.16. The molecule has 0 aliphatic carbocycles. The van der Waals surface area contributed by atoms with E-state index in [1.165, 1.54) is 7.11 Å². The Bertz CT molecular complexity index is 987. The highest BCUT2D eigenvalue weighted by Crippen LogP contribution is 2.34. The van der Waals surface area contributed by atoms with Crippen LogP contribution in [-0.4, -0.2) is 25.4 Å². The Hall–Kier alpha value is -3.55. The molecule has 0 heterocycles. The number of hydrogen-bond acceptors (Lipinski definition) is 6. The van der Waals surface area contributed by atoms with Crippen LogP contribution in [0.5, 0.6) is 17.2 Å². The van der Waals surface area contributed by atoms with Gasteiger partial charge in [0.2, 0.25) is 0 Å². The zero-order chi connectivity index (χ0) is 20.1. The van der Waals surface area contributed by atoms with Crippen LogP contribution in [0.2, 0.25) is 0 Å². The second-order valence-corrected chi connectivity index (χ2v) is 5.96.